The van der Waals surface area contributed by atoms with Crippen LogP contribution in [-0.2, 0) is 28.5 Å². The molecule has 40 heavy (non-hydrogen) atoms. The Labute approximate surface area is 225 Å². The molecule has 0 aromatic heterocycles. The molecule has 0 saturated carbocycles. The SMILES string of the molecule is O=C(OC[C@@H]1O[C@@H](OC(=O)c2ccccc2)[C@@H](OC(=O)C(F)(F)F)[C@H]1OC(=O)c1ccccc1)c1ccccc1. The third-order valence-electron chi connectivity index (χ3n) is 5.62. The molecule has 208 valence electrons. The van der Waals surface area contributed by atoms with E-state index in [0.717, 1.165) is 0 Å². The number of carbonyl (C=O) groups excluding carboxylic acids is 4. The number of carbonyl (C=O) groups is 4. The highest BCUT2D eigenvalue weighted by molar-refractivity contribution is 5.90. The number of halogens is 3. The zero-order valence-electron chi connectivity index (χ0n) is 20.5. The number of benzene rings is 3. The monoisotopic (exact) mass is 558 g/mol. The third kappa shape index (κ3) is 7.03. The van der Waals surface area contributed by atoms with Crippen LogP contribution in [0.5, 0.6) is 0 Å². The van der Waals surface area contributed by atoms with Crippen LogP contribution in [0.3, 0.4) is 0 Å². The quantitative estimate of drug-likeness (QED) is 0.297. The van der Waals surface area contributed by atoms with Gasteiger partial charge in [-0.05, 0) is 36.4 Å². The van der Waals surface area contributed by atoms with Gasteiger partial charge in [0.2, 0.25) is 12.4 Å². The summed E-state index contributed by atoms with van der Waals surface area (Å²) in [5, 5.41) is 0. The third-order valence-corrected chi connectivity index (χ3v) is 5.62. The van der Waals surface area contributed by atoms with E-state index in [1.54, 1.807) is 30.3 Å². The van der Waals surface area contributed by atoms with Gasteiger partial charge in [-0.3, -0.25) is 0 Å². The summed E-state index contributed by atoms with van der Waals surface area (Å²) in [7, 11) is 0. The predicted molar refractivity (Wildman–Crippen MR) is 129 cm³/mol. The normalized spacial score (nSPS) is 20.3. The van der Waals surface area contributed by atoms with E-state index in [9.17, 15) is 32.3 Å². The molecule has 1 aliphatic heterocycles. The molecule has 9 nitrogen and oxygen atoms in total. The minimum atomic E-state index is -5.43. The maximum absolute atomic E-state index is 13.2. The summed E-state index contributed by atoms with van der Waals surface area (Å²) in [5.41, 5.74) is 0.197. The van der Waals surface area contributed by atoms with Gasteiger partial charge in [-0.15, -0.1) is 0 Å². The Kier molecular flexibility index (Phi) is 8.80. The molecule has 0 aliphatic carbocycles. The summed E-state index contributed by atoms with van der Waals surface area (Å²) < 4.78 is 65.5. The molecule has 0 unspecified atom stereocenters. The number of hydrogen-bond acceptors (Lipinski definition) is 9. The molecule has 1 heterocycles. The fourth-order valence-corrected chi connectivity index (χ4v) is 3.71. The van der Waals surface area contributed by atoms with Crippen molar-refractivity contribution < 1.29 is 56.0 Å². The maximum Gasteiger partial charge on any atom is 0.490 e. The van der Waals surface area contributed by atoms with Crippen molar-refractivity contribution in [2.75, 3.05) is 6.61 Å². The Bertz CT molecular complexity index is 1330. The van der Waals surface area contributed by atoms with Crippen molar-refractivity contribution >= 4 is 23.9 Å². The number of ether oxygens (including phenoxy) is 5. The van der Waals surface area contributed by atoms with Crippen LogP contribution in [-0.4, -0.2) is 61.3 Å². The molecule has 12 heteroatoms. The second-order valence-corrected chi connectivity index (χ2v) is 8.38. The van der Waals surface area contributed by atoms with E-state index in [2.05, 4.69) is 4.74 Å². The first-order valence-corrected chi connectivity index (χ1v) is 11.8. The lowest BCUT2D eigenvalue weighted by Crippen LogP contribution is -2.45. The fourth-order valence-electron chi connectivity index (χ4n) is 3.71. The van der Waals surface area contributed by atoms with Gasteiger partial charge in [-0.25, -0.2) is 19.2 Å². The Balaban J connectivity index is 1.62. The van der Waals surface area contributed by atoms with Gasteiger partial charge in [0.05, 0.1) is 16.7 Å². The minimum absolute atomic E-state index is 0.0174. The van der Waals surface area contributed by atoms with E-state index in [0.29, 0.717) is 0 Å². The minimum Gasteiger partial charge on any atom is -0.459 e. The summed E-state index contributed by atoms with van der Waals surface area (Å²) in [6.07, 6.45) is -12.7. The first kappa shape index (κ1) is 28.3. The van der Waals surface area contributed by atoms with Gasteiger partial charge in [-0.2, -0.15) is 13.2 Å². The summed E-state index contributed by atoms with van der Waals surface area (Å²) >= 11 is 0. The fraction of sp³-hybridized carbons (Fsp3) is 0.214. The van der Waals surface area contributed by atoms with Crippen LogP contribution < -0.4 is 0 Å². The van der Waals surface area contributed by atoms with Crippen LogP contribution in [0.4, 0.5) is 13.2 Å². The molecule has 0 amide bonds. The molecule has 0 radical (unpaired) electrons. The van der Waals surface area contributed by atoms with Gasteiger partial charge in [-0.1, -0.05) is 54.6 Å². The Morgan fingerprint density at radius 1 is 0.625 bits per heavy atom. The van der Waals surface area contributed by atoms with E-state index >= 15 is 0 Å². The Hall–Kier alpha value is -4.71. The lowest BCUT2D eigenvalue weighted by molar-refractivity contribution is -0.218. The molecule has 1 fully saturated rings. The number of hydrogen-bond donors (Lipinski definition) is 0. The summed E-state index contributed by atoms with van der Waals surface area (Å²) in [5.74, 6) is -5.47. The van der Waals surface area contributed by atoms with Crippen molar-refractivity contribution in [2.24, 2.45) is 0 Å². The largest absolute Gasteiger partial charge is 0.490 e. The summed E-state index contributed by atoms with van der Waals surface area (Å²) in [6, 6.07) is 22.6. The highest BCUT2D eigenvalue weighted by Gasteiger charge is 2.55. The zero-order chi connectivity index (χ0) is 28.7. The van der Waals surface area contributed by atoms with E-state index in [4.69, 9.17) is 18.9 Å². The van der Waals surface area contributed by atoms with Crippen LogP contribution in [0.25, 0.3) is 0 Å². The van der Waals surface area contributed by atoms with Crippen LogP contribution in [0.15, 0.2) is 91.0 Å². The zero-order valence-corrected chi connectivity index (χ0v) is 20.5. The van der Waals surface area contributed by atoms with Gasteiger partial charge >= 0.3 is 30.1 Å². The van der Waals surface area contributed by atoms with Gasteiger partial charge in [0.25, 0.3) is 0 Å². The molecule has 4 atom stereocenters. The van der Waals surface area contributed by atoms with Gasteiger partial charge < -0.3 is 23.7 Å². The first-order valence-electron chi connectivity index (χ1n) is 11.8. The van der Waals surface area contributed by atoms with Crippen LogP contribution in [0.2, 0.25) is 0 Å². The van der Waals surface area contributed by atoms with E-state index in [-0.39, 0.29) is 16.7 Å². The van der Waals surface area contributed by atoms with E-state index in [1.165, 1.54) is 60.7 Å². The van der Waals surface area contributed by atoms with Gasteiger partial charge in [0, 0.05) is 0 Å². The molecule has 3 aromatic carbocycles. The lowest BCUT2D eigenvalue weighted by Gasteiger charge is -2.24. The number of esters is 4. The predicted octanol–water partition coefficient (Wildman–Crippen LogP) is 4.13. The molecule has 1 aliphatic rings. The number of alkyl halides is 3. The van der Waals surface area contributed by atoms with Crippen LogP contribution in [0.1, 0.15) is 31.1 Å². The highest BCUT2D eigenvalue weighted by atomic mass is 19.4. The van der Waals surface area contributed by atoms with E-state index < -0.39 is 61.3 Å². The standard InChI is InChI=1S/C28H21F3O9/c29-28(30,31)27(35)39-22-21(38-24(33)18-12-6-2-7-13-18)20(16-36-23(32)17-10-4-1-5-11-17)37-26(22)40-25(34)19-14-8-3-9-15-19/h1-15,20-22,26H,16H2/t20-,21-,22-,26-/m0/s1. The molecular weight excluding hydrogens is 537 g/mol. The maximum atomic E-state index is 13.2. The molecule has 0 bridgehead atoms. The number of rotatable bonds is 8. The summed E-state index contributed by atoms with van der Waals surface area (Å²) in [4.78, 5) is 49.8. The first-order chi connectivity index (χ1) is 19.1. The van der Waals surface area contributed by atoms with Gasteiger partial charge in [0.15, 0.2) is 6.10 Å². The smallest absolute Gasteiger partial charge is 0.459 e. The topological polar surface area (TPSA) is 114 Å². The molecule has 3 aromatic rings. The average molecular weight is 558 g/mol. The molecular formula is C28H21F3O9. The second-order valence-electron chi connectivity index (χ2n) is 8.38. The van der Waals surface area contributed by atoms with Crippen molar-refractivity contribution in [3.63, 3.8) is 0 Å². The molecule has 0 spiro atoms. The van der Waals surface area contributed by atoms with Crippen LogP contribution >= 0.6 is 0 Å². The van der Waals surface area contributed by atoms with E-state index in [1.807, 2.05) is 0 Å². The lowest BCUT2D eigenvalue weighted by atomic mass is 10.1. The van der Waals surface area contributed by atoms with Crippen molar-refractivity contribution in [2.45, 2.75) is 30.8 Å². The van der Waals surface area contributed by atoms with Crippen LogP contribution in [0, 0.1) is 0 Å². The molecule has 1 saturated heterocycles. The second kappa shape index (κ2) is 12.4. The summed E-state index contributed by atoms with van der Waals surface area (Å²) in [6.45, 7) is -0.653. The molecule has 4 rings (SSSR count). The van der Waals surface area contributed by atoms with Crippen molar-refractivity contribution in [3.05, 3.63) is 108 Å². The van der Waals surface area contributed by atoms with Gasteiger partial charge in [0.1, 0.15) is 12.7 Å². The highest BCUT2D eigenvalue weighted by Crippen LogP contribution is 2.32. The Morgan fingerprint density at radius 2 is 1.07 bits per heavy atom. The van der Waals surface area contributed by atoms with Crippen molar-refractivity contribution in [1.82, 2.24) is 0 Å². The molecule has 0 N–H and O–H groups in total. The van der Waals surface area contributed by atoms with Crippen molar-refractivity contribution in [1.29, 1.82) is 0 Å². The Morgan fingerprint density at radius 3 is 1.55 bits per heavy atom. The average Bonchev–Trinajstić information content (AvgIpc) is 3.27. The van der Waals surface area contributed by atoms with Crippen molar-refractivity contribution in [3.8, 4) is 0 Å².